The van der Waals surface area contributed by atoms with Gasteiger partial charge in [0.25, 0.3) is 5.56 Å². The van der Waals surface area contributed by atoms with Gasteiger partial charge in [-0.2, -0.15) is 5.26 Å². The van der Waals surface area contributed by atoms with E-state index in [1.807, 2.05) is 25.1 Å². The number of ether oxygens (including phenoxy) is 3. The molecule has 0 saturated carbocycles. The molecule has 2 aliphatic heterocycles. The van der Waals surface area contributed by atoms with Crippen molar-refractivity contribution in [3.8, 4) is 23.3 Å². The zero-order chi connectivity index (χ0) is 22.4. The molecule has 3 aromatic rings. The van der Waals surface area contributed by atoms with Gasteiger partial charge in [-0.15, -0.1) is 0 Å². The van der Waals surface area contributed by atoms with Crippen molar-refractivity contribution in [3.05, 3.63) is 97.7 Å². The number of aromatic nitrogens is 1. The summed E-state index contributed by atoms with van der Waals surface area (Å²) in [7, 11) is 0. The molecular formula is C24H18ClN3O4. The number of hydrogen-bond donors (Lipinski definition) is 1. The number of aryl methyl sites for hydroxylation is 1. The van der Waals surface area contributed by atoms with Crippen LogP contribution in [0, 0.1) is 18.3 Å². The lowest BCUT2D eigenvalue weighted by atomic mass is 9.84. The van der Waals surface area contributed by atoms with Crippen molar-refractivity contribution in [1.82, 2.24) is 4.57 Å². The first-order valence-corrected chi connectivity index (χ1v) is 10.3. The number of allylic oxidation sites excluding steroid dienone is 1. The fourth-order valence-corrected chi connectivity index (χ4v) is 4.34. The van der Waals surface area contributed by atoms with Gasteiger partial charge in [0.2, 0.25) is 12.7 Å². The van der Waals surface area contributed by atoms with Crippen molar-refractivity contribution in [3.63, 3.8) is 0 Å². The second kappa shape index (κ2) is 7.66. The third kappa shape index (κ3) is 3.26. The Hall–Kier alpha value is -3.89. The van der Waals surface area contributed by atoms with Crippen LogP contribution in [0.3, 0.4) is 0 Å². The van der Waals surface area contributed by atoms with Crippen LogP contribution in [0.2, 0.25) is 5.02 Å². The molecule has 0 amide bonds. The van der Waals surface area contributed by atoms with Gasteiger partial charge in [0.15, 0.2) is 11.5 Å². The maximum atomic E-state index is 13.7. The number of benzene rings is 2. The quantitative estimate of drug-likeness (QED) is 0.655. The average Bonchev–Trinajstić information content (AvgIpc) is 3.23. The SMILES string of the molecule is Cc1cc2c(c(=O)n1Cc1cccc(Cl)c1)[C@H](c1ccc3c(c1)OCO3)C(C#N)=C(N)O2. The standard InChI is InChI=1S/C24H18ClN3O4/c1-13-7-20-22(24(29)28(13)11-14-3-2-4-16(25)8-14)21(17(10-26)23(27)32-20)15-5-6-18-19(9-15)31-12-30-18/h2-9,21H,11-12,27H2,1H3/t21-/m1/s1. The van der Waals surface area contributed by atoms with Crippen molar-refractivity contribution < 1.29 is 14.2 Å². The number of fused-ring (bicyclic) bond motifs is 2. The highest BCUT2D eigenvalue weighted by Crippen LogP contribution is 2.43. The fraction of sp³-hybridized carbons (Fsp3) is 0.167. The molecule has 0 spiro atoms. The highest BCUT2D eigenvalue weighted by atomic mass is 35.5. The van der Waals surface area contributed by atoms with Gasteiger partial charge in [-0.05, 0) is 42.3 Å². The summed E-state index contributed by atoms with van der Waals surface area (Å²) in [5.74, 6) is 0.788. The summed E-state index contributed by atoms with van der Waals surface area (Å²) in [5.41, 5.74) is 8.61. The molecule has 0 saturated heterocycles. The topological polar surface area (TPSA) is 99.5 Å². The molecule has 0 fully saturated rings. The minimum Gasteiger partial charge on any atom is -0.454 e. The lowest BCUT2D eigenvalue weighted by Gasteiger charge is -2.27. The Morgan fingerprint density at radius 2 is 1.97 bits per heavy atom. The van der Waals surface area contributed by atoms with Crippen LogP contribution in [0.1, 0.15) is 28.3 Å². The first kappa shape index (κ1) is 20.0. The molecule has 2 aromatic carbocycles. The fourth-order valence-electron chi connectivity index (χ4n) is 4.13. The zero-order valence-electron chi connectivity index (χ0n) is 17.1. The second-order valence-corrected chi connectivity index (χ2v) is 8.06. The van der Waals surface area contributed by atoms with Gasteiger partial charge in [0.05, 0.1) is 18.0 Å². The lowest BCUT2D eigenvalue weighted by molar-refractivity contribution is 0.174. The Balaban J connectivity index is 1.69. The maximum absolute atomic E-state index is 13.7. The van der Waals surface area contributed by atoms with E-state index in [2.05, 4.69) is 6.07 Å². The molecule has 0 radical (unpaired) electrons. The molecule has 5 rings (SSSR count). The van der Waals surface area contributed by atoms with Gasteiger partial charge in [0.1, 0.15) is 17.4 Å². The lowest BCUT2D eigenvalue weighted by Crippen LogP contribution is -2.33. The number of rotatable bonds is 3. The molecule has 32 heavy (non-hydrogen) atoms. The second-order valence-electron chi connectivity index (χ2n) is 7.62. The predicted octanol–water partition coefficient (Wildman–Crippen LogP) is 3.81. The van der Waals surface area contributed by atoms with E-state index in [-0.39, 0.29) is 23.8 Å². The van der Waals surface area contributed by atoms with E-state index in [0.717, 1.165) is 5.56 Å². The Morgan fingerprint density at radius 3 is 2.75 bits per heavy atom. The molecule has 1 aromatic heterocycles. The molecule has 2 aliphatic rings. The van der Waals surface area contributed by atoms with Crippen molar-refractivity contribution >= 4 is 11.6 Å². The number of nitriles is 1. The number of pyridine rings is 1. The molecule has 160 valence electrons. The molecule has 3 heterocycles. The Bertz CT molecular complexity index is 1390. The summed E-state index contributed by atoms with van der Waals surface area (Å²) in [5, 5.41) is 10.4. The van der Waals surface area contributed by atoms with E-state index in [1.165, 1.54) is 0 Å². The third-order valence-corrected chi connectivity index (χ3v) is 5.88. The summed E-state index contributed by atoms with van der Waals surface area (Å²) in [4.78, 5) is 13.7. The normalized spacial score (nSPS) is 16.3. The molecule has 8 heteroatoms. The number of hydrogen-bond acceptors (Lipinski definition) is 6. The van der Waals surface area contributed by atoms with Crippen LogP contribution in [0.4, 0.5) is 0 Å². The number of halogens is 1. The molecule has 0 bridgehead atoms. The van der Waals surface area contributed by atoms with Crippen molar-refractivity contribution in [1.29, 1.82) is 5.26 Å². The summed E-state index contributed by atoms with van der Waals surface area (Å²) in [6.07, 6.45) is 0. The number of nitrogens with two attached hydrogens (primary N) is 1. The first-order chi connectivity index (χ1) is 15.5. The van der Waals surface area contributed by atoms with Crippen LogP contribution in [-0.2, 0) is 6.54 Å². The van der Waals surface area contributed by atoms with E-state index < -0.39 is 5.92 Å². The summed E-state index contributed by atoms with van der Waals surface area (Å²) in [6, 6.07) is 16.6. The summed E-state index contributed by atoms with van der Waals surface area (Å²) in [6.45, 7) is 2.27. The van der Waals surface area contributed by atoms with Crippen LogP contribution in [0.25, 0.3) is 0 Å². The minimum absolute atomic E-state index is 0.0194. The van der Waals surface area contributed by atoms with Crippen LogP contribution >= 0.6 is 11.6 Å². The van der Waals surface area contributed by atoms with Crippen molar-refractivity contribution in [2.24, 2.45) is 5.73 Å². The van der Waals surface area contributed by atoms with Gasteiger partial charge in [0, 0.05) is 16.8 Å². The highest BCUT2D eigenvalue weighted by Gasteiger charge is 2.35. The summed E-state index contributed by atoms with van der Waals surface area (Å²) >= 11 is 6.12. The van der Waals surface area contributed by atoms with Gasteiger partial charge in [-0.25, -0.2) is 0 Å². The van der Waals surface area contributed by atoms with Crippen molar-refractivity contribution in [2.45, 2.75) is 19.4 Å². The number of nitrogens with zero attached hydrogens (tertiary/aromatic N) is 2. The molecule has 1 atom stereocenters. The Morgan fingerprint density at radius 1 is 1.16 bits per heavy atom. The average molecular weight is 448 g/mol. The maximum Gasteiger partial charge on any atom is 0.259 e. The molecule has 2 N–H and O–H groups in total. The van der Waals surface area contributed by atoms with Gasteiger partial charge >= 0.3 is 0 Å². The molecule has 0 aliphatic carbocycles. The smallest absolute Gasteiger partial charge is 0.259 e. The summed E-state index contributed by atoms with van der Waals surface area (Å²) < 4.78 is 18.2. The Kier molecular flexibility index (Phi) is 4.80. The molecule has 7 nitrogen and oxygen atoms in total. The Labute approximate surface area is 188 Å². The van der Waals surface area contributed by atoms with Crippen LogP contribution in [-0.4, -0.2) is 11.4 Å². The van der Waals surface area contributed by atoms with Crippen molar-refractivity contribution in [2.75, 3.05) is 6.79 Å². The van der Waals surface area contributed by atoms with E-state index in [0.29, 0.717) is 45.6 Å². The first-order valence-electron chi connectivity index (χ1n) is 9.92. The van der Waals surface area contributed by atoms with Gasteiger partial charge < -0.3 is 24.5 Å². The predicted molar refractivity (Wildman–Crippen MR) is 118 cm³/mol. The molecule has 0 unspecified atom stereocenters. The van der Waals surface area contributed by atoms with Gasteiger partial charge in [-0.3, -0.25) is 4.79 Å². The third-order valence-electron chi connectivity index (χ3n) is 5.65. The minimum atomic E-state index is -0.697. The van der Waals surface area contributed by atoms with E-state index in [9.17, 15) is 10.1 Å². The van der Waals surface area contributed by atoms with E-state index in [4.69, 9.17) is 31.5 Å². The molecular weight excluding hydrogens is 430 g/mol. The van der Waals surface area contributed by atoms with Crippen LogP contribution in [0.15, 0.2) is 64.8 Å². The highest BCUT2D eigenvalue weighted by molar-refractivity contribution is 6.30. The van der Waals surface area contributed by atoms with Crippen LogP contribution in [0.5, 0.6) is 17.2 Å². The monoisotopic (exact) mass is 447 g/mol. The van der Waals surface area contributed by atoms with Crippen LogP contribution < -0.4 is 25.5 Å². The van der Waals surface area contributed by atoms with E-state index >= 15 is 0 Å². The van der Waals surface area contributed by atoms with E-state index in [1.54, 1.807) is 34.9 Å². The zero-order valence-corrected chi connectivity index (χ0v) is 17.8. The van der Waals surface area contributed by atoms with Gasteiger partial charge in [-0.1, -0.05) is 29.8 Å². The largest absolute Gasteiger partial charge is 0.454 e.